The van der Waals surface area contributed by atoms with Crippen molar-refractivity contribution in [3.63, 3.8) is 0 Å². The quantitative estimate of drug-likeness (QED) is 0.664. The molecule has 0 radical (unpaired) electrons. The smallest absolute Gasteiger partial charge is 0.0710 e. The van der Waals surface area contributed by atoms with E-state index in [-0.39, 0.29) is 12.1 Å². The van der Waals surface area contributed by atoms with Gasteiger partial charge in [-0.25, -0.2) is 0 Å². The summed E-state index contributed by atoms with van der Waals surface area (Å²) in [6, 6.07) is 0.664. The Bertz CT molecular complexity index is 265. The number of aliphatic hydroxyl groups excluding tert-OH is 1. The standard InChI is InChI=1S/C15H30N2O2/c1-3-15(12-18,16-13-5-6-13)8-4-9-17-10-7-14(11-17)19-2/h13-14,16,18H,3-12H2,1-2H3. The Balaban J connectivity index is 1.69. The number of aliphatic hydroxyl groups is 1. The van der Waals surface area contributed by atoms with E-state index in [0.717, 1.165) is 45.3 Å². The zero-order valence-corrected chi connectivity index (χ0v) is 12.5. The average molecular weight is 270 g/mol. The van der Waals surface area contributed by atoms with Crippen LogP contribution in [0.4, 0.5) is 0 Å². The molecule has 0 aromatic rings. The van der Waals surface area contributed by atoms with E-state index >= 15 is 0 Å². The first kappa shape index (κ1) is 15.2. The molecule has 4 heteroatoms. The van der Waals surface area contributed by atoms with Crippen LogP contribution in [0, 0.1) is 0 Å². The van der Waals surface area contributed by atoms with Gasteiger partial charge in [0.25, 0.3) is 0 Å². The van der Waals surface area contributed by atoms with E-state index in [2.05, 4.69) is 17.1 Å². The van der Waals surface area contributed by atoms with E-state index in [0.29, 0.717) is 12.1 Å². The van der Waals surface area contributed by atoms with E-state index < -0.39 is 0 Å². The van der Waals surface area contributed by atoms with E-state index in [9.17, 15) is 5.11 Å². The molecule has 1 aliphatic heterocycles. The lowest BCUT2D eigenvalue weighted by molar-refractivity contribution is 0.105. The van der Waals surface area contributed by atoms with Crippen molar-refractivity contribution in [3.05, 3.63) is 0 Å². The first-order valence-electron chi connectivity index (χ1n) is 7.85. The highest BCUT2D eigenvalue weighted by molar-refractivity contribution is 4.94. The average Bonchev–Trinajstić information content (AvgIpc) is 3.13. The van der Waals surface area contributed by atoms with Gasteiger partial charge >= 0.3 is 0 Å². The van der Waals surface area contributed by atoms with Crippen LogP contribution in [0.3, 0.4) is 0 Å². The van der Waals surface area contributed by atoms with Crippen molar-refractivity contribution in [2.75, 3.05) is 33.4 Å². The molecule has 0 aromatic heterocycles. The fraction of sp³-hybridized carbons (Fsp3) is 1.00. The van der Waals surface area contributed by atoms with Crippen molar-refractivity contribution in [3.8, 4) is 0 Å². The zero-order chi connectivity index (χ0) is 13.7. The van der Waals surface area contributed by atoms with E-state index in [1.54, 1.807) is 0 Å². The second-order valence-electron chi connectivity index (χ2n) is 6.26. The van der Waals surface area contributed by atoms with Gasteiger partial charge in [0, 0.05) is 31.8 Å². The van der Waals surface area contributed by atoms with Crippen molar-refractivity contribution in [1.82, 2.24) is 10.2 Å². The first-order valence-corrected chi connectivity index (χ1v) is 7.85. The molecule has 1 saturated carbocycles. The summed E-state index contributed by atoms with van der Waals surface area (Å²) < 4.78 is 5.40. The molecule has 0 bridgehead atoms. The highest BCUT2D eigenvalue weighted by atomic mass is 16.5. The highest BCUT2D eigenvalue weighted by Crippen LogP contribution is 2.27. The second-order valence-corrected chi connectivity index (χ2v) is 6.26. The molecule has 2 fully saturated rings. The molecular formula is C15H30N2O2. The summed E-state index contributed by atoms with van der Waals surface area (Å²) in [7, 11) is 1.81. The Morgan fingerprint density at radius 1 is 1.37 bits per heavy atom. The number of hydrogen-bond acceptors (Lipinski definition) is 4. The van der Waals surface area contributed by atoms with Gasteiger partial charge in [-0.15, -0.1) is 0 Å². The van der Waals surface area contributed by atoms with Gasteiger partial charge in [-0.2, -0.15) is 0 Å². The number of likely N-dealkylation sites (tertiary alicyclic amines) is 1. The number of nitrogens with zero attached hydrogens (tertiary/aromatic N) is 1. The van der Waals surface area contributed by atoms with Crippen LogP contribution in [-0.2, 0) is 4.74 Å². The fourth-order valence-electron chi connectivity index (χ4n) is 3.08. The van der Waals surface area contributed by atoms with Crippen LogP contribution in [0.15, 0.2) is 0 Å². The Morgan fingerprint density at radius 3 is 2.68 bits per heavy atom. The molecule has 1 aliphatic carbocycles. The molecule has 1 heterocycles. The van der Waals surface area contributed by atoms with Crippen molar-refractivity contribution in [2.45, 2.75) is 63.1 Å². The summed E-state index contributed by atoms with van der Waals surface area (Å²) in [5.74, 6) is 0. The molecule has 0 amide bonds. The van der Waals surface area contributed by atoms with Gasteiger partial charge in [-0.3, -0.25) is 0 Å². The molecule has 2 aliphatic rings. The van der Waals surface area contributed by atoms with Crippen molar-refractivity contribution in [1.29, 1.82) is 0 Å². The number of nitrogens with one attached hydrogen (secondary N) is 1. The van der Waals surface area contributed by atoms with Crippen LogP contribution in [0.25, 0.3) is 0 Å². The molecule has 0 aromatic carbocycles. The Hall–Kier alpha value is -0.160. The third-order valence-electron chi connectivity index (χ3n) is 4.76. The fourth-order valence-corrected chi connectivity index (χ4v) is 3.08. The predicted molar refractivity (Wildman–Crippen MR) is 77.4 cm³/mol. The van der Waals surface area contributed by atoms with Crippen LogP contribution in [0.2, 0.25) is 0 Å². The van der Waals surface area contributed by atoms with Crippen molar-refractivity contribution in [2.24, 2.45) is 0 Å². The van der Waals surface area contributed by atoms with Gasteiger partial charge in [0.15, 0.2) is 0 Å². The summed E-state index contributed by atoms with van der Waals surface area (Å²) in [5, 5.41) is 13.4. The summed E-state index contributed by atoms with van der Waals surface area (Å²) in [6.45, 7) is 5.81. The topological polar surface area (TPSA) is 44.7 Å². The summed E-state index contributed by atoms with van der Waals surface area (Å²) in [6.07, 6.45) is 7.40. The minimum Gasteiger partial charge on any atom is -0.394 e. The number of rotatable bonds is 9. The Morgan fingerprint density at radius 2 is 2.16 bits per heavy atom. The maximum absolute atomic E-state index is 9.73. The normalized spacial score (nSPS) is 27.6. The zero-order valence-electron chi connectivity index (χ0n) is 12.5. The van der Waals surface area contributed by atoms with Gasteiger partial charge in [0.1, 0.15) is 0 Å². The van der Waals surface area contributed by atoms with Gasteiger partial charge < -0.3 is 20.1 Å². The molecule has 1 saturated heterocycles. The van der Waals surface area contributed by atoms with E-state index in [4.69, 9.17) is 4.74 Å². The molecule has 2 unspecified atom stereocenters. The van der Waals surface area contributed by atoms with Gasteiger partial charge in [-0.1, -0.05) is 6.92 Å². The molecule has 2 N–H and O–H groups in total. The number of hydrogen-bond donors (Lipinski definition) is 2. The SMILES string of the molecule is CCC(CO)(CCCN1CCC(OC)C1)NC1CC1. The minimum atomic E-state index is -0.0401. The maximum Gasteiger partial charge on any atom is 0.0710 e. The second kappa shape index (κ2) is 7.02. The third kappa shape index (κ3) is 4.42. The Labute approximate surface area is 117 Å². The summed E-state index contributed by atoms with van der Waals surface area (Å²) in [5.41, 5.74) is -0.0401. The molecule has 4 nitrogen and oxygen atoms in total. The van der Waals surface area contributed by atoms with Crippen LogP contribution in [0.5, 0.6) is 0 Å². The minimum absolute atomic E-state index is 0.0401. The lowest BCUT2D eigenvalue weighted by Gasteiger charge is -2.33. The van der Waals surface area contributed by atoms with Gasteiger partial charge in [0.2, 0.25) is 0 Å². The molecular weight excluding hydrogens is 240 g/mol. The largest absolute Gasteiger partial charge is 0.394 e. The number of methoxy groups -OCH3 is 1. The molecule has 112 valence electrons. The first-order chi connectivity index (χ1) is 9.21. The maximum atomic E-state index is 9.73. The number of ether oxygens (including phenoxy) is 1. The molecule has 2 atom stereocenters. The molecule has 0 spiro atoms. The van der Waals surface area contributed by atoms with Crippen LogP contribution < -0.4 is 5.32 Å². The van der Waals surface area contributed by atoms with Crippen LogP contribution in [0.1, 0.15) is 45.4 Å². The van der Waals surface area contributed by atoms with Crippen LogP contribution >= 0.6 is 0 Å². The molecule has 19 heavy (non-hydrogen) atoms. The van der Waals surface area contributed by atoms with Crippen LogP contribution in [-0.4, -0.2) is 61.0 Å². The lowest BCUT2D eigenvalue weighted by Crippen LogP contribution is -2.49. The predicted octanol–water partition coefficient (Wildman–Crippen LogP) is 1.38. The molecule has 2 rings (SSSR count). The summed E-state index contributed by atoms with van der Waals surface area (Å²) in [4.78, 5) is 2.49. The third-order valence-corrected chi connectivity index (χ3v) is 4.76. The summed E-state index contributed by atoms with van der Waals surface area (Å²) >= 11 is 0. The van der Waals surface area contributed by atoms with E-state index in [1.807, 2.05) is 7.11 Å². The Kier molecular flexibility index (Phi) is 5.63. The van der Waals surface area contributed by atoms with Gasteiger partial charge in [0.05, 0.1) is 12.7 Å². The van der Waals surface area contributed by atoms with Crippen molar-refractivity contribution < 1.29 is 9.84 Å². The monoisotopic (exact) mass is 270 g/mol. The van der Waals surface area contributed by atoms with Crippen molar-refractivity contribution >= 4 is 0 Å². The highest BCUT2D eigenvalue weighted by Gasteiger charge is 2.34. The van der Waals surface area contributed by atoms with E-state index in [1.165, 1.54) is 12.8 Å². The lowest BCUT2D eigenvalue weighted by atomic mass is 9.91. The van der Waals surface area contributed by atoms with Gasteiger partial charge in [-0.05, 0) is 45.1 Å².